The molecule has 1 aromatic heterocycles. The third-order valence-corrected chi connectivity index (χ3v) is 3.59. The summed E-state index contributed by atoms with van der Waals surface area (Å²) in [4.78, 5) is 4.40. The molecule has 0 amide bonds. The van der Waals surface area contributed by atoms with E-state index >= 15 is 0 Å². The number of benzene rings is 2. The minimum Gasteiger partial charge on any atom is -0.489 e. The van der Waals surface area contributed by atoms with Crippen molar-refractivity contribution in [3.8, 4) is 28.6 Å². The Hall–Kier alpha value is -2.95. The highest BCUT2D eigenvalue weighted by atomic mass is 19.1. The van der Waals surface area contributed by atoms with Gasteiger partial charge in [0.25, 0.3) is 5.89 Å². The molecule has 0 unspecified atom stereocenters. The predicted molar refractivity (Wildman–Crippen MR) is 90.1 cm³/mol. The number of rotatable bonds is 6. The molecule has 3 rings (SSSR count). The van der Waals surface area contributed by atoms with Gasteiger partial charge in [-0.25, -0.2) is 4.39 Å². The van der Waals surface area contributed by atoms with Gasteiger partial charge < -0.3 is 9.26 Å². The molecule has 0 radical (unpaired) electrons. The molecule has 0 bridgehead atoms. The van der Waals surface area contributed by atoms with Crippen LogP contribution in [0.2, 0.25) is 0 Å². The van der Waals surface area contributed by atoms with E-state index in [2.05, 4.69) is 10.1 Å². The molecular formula is C19H17FN2O2. The Morgan fingerprint density at radius 3 is 2.50 bits per heavy atom. The quantitative estimate of drug-likeness (QED) is 0.637. The van der Waals surface area contributed by atoms with E-state index in [1.165, 1.54) is 0 Å². The van der Waals surface area contributed by atoms with Crippen LogP contribution in [-0.2, 0) is 0 Å². The monoisotopic (exact) mass is 324 g/mol. The second-order valence-electron chi connectivity index (χ2n) is 5.22. The van der Waals surface area contributed by atoms with Gasteiger partial charge >= 0.3 is 0 Å². The fourth-order valence-corrected chi connectivity index (χ4v) is 2.13. The van der Waals surface area contributed by atoms with E-state index in [4.69, 9.17) is 9.26 Å². The van der Waals surface area contributed by atoms with Crippen LogP contribution in [0.25, 0.3) is 22.8 Å². The second-order valence-corrected chi connectivity index (χ2v) is 5.22. The van der Waals surface area contributed by atoms with E-state index in [0.717, 1.165) is 11.1 Å². The predicted octanol–water partition coefficient (Wildman–Crippen LogP) is 5.05. The van der Waals surface area contributed by atoms with Crippen LogP contribution in [0.1, 0.15) is 13.3 Å². The van der Waals surface area contributed by atoms with Crippen LogP contribution in [0.15, 0.2) is 71.0 Å². The largest absolute Gasteiger partial charge is 0.489 e. The topological polar surface area (TPSA) is 48.2 Å². The van der Waals surface area contributed by atoms with E-state index in [0.29, 0.717) is 35.8 Å². The summed E-state index contributed by atoms with van der Waals surface area (Å²) in [7, 11) is 0. The molecule has 1 heterocycles. The molecule has 0 saturated carbocycles. The highest BCUT2D eigenvalue weighted by molar-refractivity contribution is 5.60. The molecule has 5 heteroatoms. The molecule has 0 N–H and O–H groups in total. The van der Waals surface area contributed by atoms with Crippen LogP contribution in [-0.4, -0.2) is 16.7 Å². The van der Waals surface area contributed by atoms with Crippen LogP contribution in [0.5, 0.6) is 5.75 Å². The minimum atomic E-state index is 0.241. The summed E-state index contributed by atoms with van der Waals surface area (Å²) < 4.78 is 23.4. The fraction of sp³-hybridized carbons (Fsp3) is 0.158. The van der Waals surface area contributed by atoms with Crippen molar-refractivity contribution < 1.29 is 13.7 Å². The molecule has 0 aliphatic carbocycles. The molecule has 0 fully saturated rings. The number of hydrogen-bond donors (Lipinski definition) is 0. The lowest BCUT2D eigenvalue weighted by molar-refractivity contribution is 0.345. The summed E-state index contributed by atoms with van der Waals surface area (Å²) in [6, 6.07) is 16.9. The Kier molecular flexibility index (Phi) is 5.01. The first-order valence-electron chi connectivity index (χ1n) is 7.70. The third-order valence-electron chi connectivity index (χ3n) is 3.59. The zero-order valence-corrected chi connectivity index (χ0v) is 13.3. The van der Waals surface area contributed by atoms with Crippen LogP contribution in [0.4, 0.5) is 4.39 Å². The van der Waals surface area contributed by atoms with Crippen molar-refractivity contribution in [3.63, 3.8) is 0 Å². The van der Waals surface area contributed by atoms with Gasteiger partial charge in [-0.15, -0.1) is 0 Å². The Bertz CT molecular complexity index is 811. The smallest absolute Gasteiger partial charge is 0.258 e. The number of hydrogen-bond acceptors (Lipinski definition) is 4. The van der Waals surface area contributed by atoms with Gasteiger partial charge in [-0.3, -0.25) is 0 Å². The first kappa shape index (κ1) is 15.9. The number of ether oxygens (including phenoxy) is 1. The highest BCUT2D eigenvalue weighted by Crippen LogP contribution is 2.24. The Labute approximate surface area is 139 Å². The van der Waals surface area contributed by atoms with Gasteiger partial charge in [-0.2, -0.15) is 4.98 Å². The Balaban J connectivity index is 1.71. The SMILES string of the molecule is CC/C(=C\F)COc1ccc(-c2nc(-c3ccccc3)no2)cc1. The van der Waals surface area contributed by atoms with E-state index in [1.54, 1.807) is 12.1 Å². The van der Waals surface area contributed by atoms with Crippen molar-refractivity contribution >= 4 is 0 Å². The lowest BCUT2D eigenvalue weighted by Crippen LogP contribution is -1.99. The number of aromatic nitrogens is 2. The van der Waals surface area contributed by atoms with Gasteiger partial charge in [0.2, 0.25) is 5.82 Å². The lowest BCUT2D eigenvalue weighted by Gasteiger charge is -2.07. The molecular weight excluding hydrogens is 307 g/mol. The number of halogens is 1. The molecule has 0 spiro atoms. The summed E-state index contributed by atoms with van der Waals surface area (Å²) in [5, 5.41) is 4.00. The zero-order valence-electron chi connectivity index (χ0n) is 13.3. The molecule has 24 heavy (non-hydrogen) atoms. The zero-order chi connectivity index (χ0) is 16.8. The minimum absolute atomic E-state index is 0.241. The first-order valence-corrected chi connectivity index (χ1v) is 7.70. The Morgan fingerprint density at radius 1 is 1.08 bits per heavy atom. The van der Waals surface area contributed by atoms with Gasteiger partial charge in [0.1, 0.15) is 12.4 Å². The van der Waals surface area contributed by atoms with Crippen LogP contribution in [0, 0.1) is 0 Å². The van der Waals surface area contributed by atoms with Crippen molar-refractivity contribution in [1.29, 1.82) is 0 Å². The molecule has 3 aromatic rings. The fourth-order valence-electron chi connectivity index (χ4n) is 2.13. The van der Waals surface area contributed by atoms with Crippen LogP contribution in [0.3, 0.4) is 0 Å². The van der Waals surface area contributed by atoms with Crippen LogP contribution >= 0.6 is 0 Å². The summed E-state index contributed by atoms with van der Waals surface area (Å²) in [5.41, 5.74) is 2.31. The summed E-state index contributed by atoms with van der Waals surface area (Å²) in [5.74, 6) is 1.65. The average molecular weight is 324 g/mol. The lowest BCUT2D eigenvalue weighted by atomic mass is 10.2. The summed E-state index contributed by atoms with van der Waals surface area (Å²) in [6.07, 6.45) is 1.22. The van der Waals surface area contributed by atoms with Crippen molar-refractivity contribution in [3.05, 3.63) is 66.5 Å². The van der Waals surface area contributed by atoms with Gasteiger partial charge in [-0.1, -0.05) is 42.4 Å². The maximum Gasteiger partial charge on any atom is 0.258 e. The number of nitrogens with zero attached hydrogens (tertiary/aromatic N) is 2. The standard InChI is InChI=1S/C19H17FN2O2/c1-2-14(12-20)13-23-17-10-8-16(9-11-17)19-21-18(22-24-19)15-6-4-3-5-7-15/h3-12H,2,13H2,1H3/b14-12+. The van der Waals surface area contributed by atoms with E-state index in [9.17, 15) is 4.39 Å². The van der Waals surface area contributed by atoms with E-state index in [-0.39, 0.29) is 6.61 Å². The third kappa shape index (κ3) is 3.68. The second kappa shape index (κ2) is 7.55. The Morgan fingerprint density at radius 2 is 1.83 bits per heavy atom. The van der Waals surface area contributed by atoms with Gasteiger partial charge in [-0.05, 0) is 36.3 Å². The maximum atomic E-state index is 12.5. The first-order chi connectivity index (χ1) is 11.8. The molecule has 2 aromatic carbocycles. The average Bonchev–Trinajstić information content (AvgIpc) is 3.14. The van der Waals surface area contributed by atoms with Gasteiger partial charge in [0, 0.05) is 11.1 Å². The van der Waals surface area contributed by atoms with Crippen molar-refractivity contribution in [2.45, 2.75) is 13.3 Å². The molecule has 0 saturated heterocycles. The molecule has 0 aliphatic heterocycles. The van der Waals surface area contributed by atoms with Crippen LogP contribution < -0.4 is 4.74 Å². The molecule has 0 atom stereocenters. The van der Waals surface area contributed by atoms with E-state index in [1.807, 2.05) is 49.4 Å². The molecule has 0 aliphatic rings. The summed E-state index contributed by atoms with van der Waals surface area (Å²) >= 11 is 0. The normalized spacial score (nSPS) is 11.5. The maximum absolute atomic E-state index is 12.5. The van der Waals surface area contributed by atoms with Gasteiger partial charge in [0.15, 0.2) is 0 Å². The summed E-state index contributed by atoms with van der Waals surface area (Å²) in [6.45, 7) is 2.13. The van der Waals surface area contributed by atoms with Crippen molar-refractivity contribution in [2.75, 3.05) is 6.61 Å². The molecule has 4 nitrogen and oxygen atoms in total. The molecule has 122 valence electrons. The van der Waals surface area contributed by atoms with Crippen molar-refractivity contribution in [1.82, 2.24) is 10.1 Å². The van der Waals surface area contributed by atoms with Gasteiger partial charge in [0.05, 0.1) is 6.33 Å². The highest BCUT2D eigenvalue weighted by Gasteiger charge is 2.10. The van der Waals surface area contributed by atoms with Crippen molar-refractivity contribution in [2.24, 2.45) is 0 Å². The van der Waals surface area contributed by atoms with E-state index < -0.39 is 0 Å².